The van der Waals surface area contributed by atoms with Crippen LogP contribution in [0, 0.1) is 5.92 Å². The summed E-state index contributed by atoms with van der Waals surface area (Å²) >= 11 is 0. The van der Waals surface area contributed by atoms with Crippen molar-refractivity contribution in [2.24, 2.45) is 5.92 Å². The first-order valence-corrected chi connectivity index (χ1v) is 11.2. The summed E-state index contributed by atoms with van der Waals surface area (Å²) in [6, 6.07) is 15.6. The molecule has 5 nitrogen and oxygen atoms in total. The highest BCUT2D eigenvalue weighted by atomic mass is 16.2. The first kappa shape index (κ1) is 19.2. The molecule has 2 aliphatic heterocycles. The van der Waals surface area contributed by atoms with Gasteiger partial charge >= 0.3 is 0 Å². The summed E-state index contributed by atoms with van der Waals surface area (Å²) in [5, 5.41) is 3.57. The van der Waals surface area contributed by atoms with Crippen molar-refractivity contribution in [3.63, 3.8) is 0 Å². The maximum absolute atomic E-state index is 14.2. The van der Waals surface area contributed by atoms with E-state index in [0.29, 0.717) is 18.0 Å². The Morgan fingerprint density at radius 2 is 1.70 bits per heavy atom. The van der Waals surface area contributed by atoms with Gasteiger partial charge in [-0.25, -0.2) is 0 Å². The second-order valence-electron chi connectivity index (χ2n) is 9.17. The van der Waals surface area contributed by atoms with E-state index in [1.54, 1.807) is 0 Å². The number of hydrogen-bond donors (Lipinski definition) is 1. The van der Waals surface area contributed by atoms with E-state index in [4.69, 9.17) is 0 Å². The maximum atomic E-state index is 14.2. The topological polar surface area (TPSA) is 52.7 Å². The molecule has 1 unspecified atom stereocenters. The summed E-state index contributed by atoms with van der Waals surface area (Å²) in [4.78, 5) is 31.8. The largest absolute Gasteiger partial charge is 0.350 e. The third kappa shape index (κ3) is 2.68. The van der Waals surface area contributed by atoms with Gasteiger partial charge in [0, 0.05) is 23.8 Å². The number of carbonyl (C=O) groups excluding carboxylic acids is 2. The molecule has 5 rings (SSSR count). The third-order valence-corrected chi connectivity index (χ3v) is 6.68. The first-order valence-electron chi connectivity index (χ1n) is 11.2. The van der Waals surface area contributed by atoms with Gasteiger partial charge in [-0.2, -0.15) is 0 Å². The molecule has 2 amide bonds. The number of amides is 2. The number of anilines is 2. The van der Waals surface area contributed by atoms with Crippen molar-refractivity contribution in [3.8, 4) is 0 Å². The average molecular weight is 404 g/mol. The van der Waals surface area contributed by atoms with E-state index >= 15 is 0 Å². The van der Waals surface area contributed by atoms with Crippen LogP contribution in [0.5, 0.6) is 0 Å². The molecular weight excluding hydrogens is 374 g/mol. The number of carbonyl (C=O) groups is 2. The van der Waals surface area contributed by atoms with E-state index < -0.39 is 5.66 Å². The molecule has 3 aliphatic rings. The lowest BCUT2D eigenvalue weighted by Crippen LogP contribution is -2.65. The molecule has 0 saturated heterocycles. The number of rotatable bonds is 3. The molecule has 1 aliphatic carbocycles. The molecule has 0 bridgehead atoms. The van der Waals surface area contributed by atoms with Gasteiger partial charge in [-0.15, -0.1) is 0 Å². The number of para-hydroxylation sites is 2. The molecule has 1 fully saturated rings. The number of hydrogen-bond acceptors (Lipinski definition) is 3. The maximum Gasteiger partial charge on any atom is 0.278 e. The van der Waals surface area contributed by atoms with E-state index in [2.05, 4.69) is 19.2 Å². The monoisotopic (exact) mass is 403 g/mol. The van der Waals surface area contributed by atoms with E-state index in [0.717, 1.165) is 42.6 Å². The number of nitrogens with zero attached hydrogens (tertiary/aromatic N) is 2. The van der Waals surface area contributed by atoms with Crippen molar-refractivity contribution < 1.29 is 9.59 Å². The van der Waals surface area contributed by atoms with Crippen LogP contribution in [0.15, 0.2) is 48.5 Å². The van der Waals surface area contributed by atoms with Crippen molar-refractivity contribution in [2.75, 3.05) is 16.8 Å². The summed E-state index contributed by atoms with van der Waals surface area (Å²) < 4.78 is 0. The van der Waals surface area contributed by atoms with Gasteiger partial charge in [-0.05, 0) is 37.0 Å². The summed E-state index contributed by atoms with van der Waals surface area (Å²) in [6.07, 6.45) is 5.27. The molecule has 1 saturated carbocycles. The summed E-state index contributed by atoms with van der Waals surface area (Å²) in [5.41, 5.74) is 2.03. The van der Waals surface area contributed by atoms with Crippen molar-refractivity contribution in [2.45, 2.75) is 57.7 Å². The summed E-state index contributed by atoms with van der Waals surface area (Å²) in [6.45, 7) is 4.87. The molecule has 2 aromatic rings. The summed E-state index contributed by atoms with van der Waals surface area (Å²) in [7, 11) is 0. The van der Waals surface area contributed by atoms with Gasteiger partial charge in [0.05, 0.1) is 11.3 Å². The molecule has 1 atom stereocenters. The number of benzene rings is 2. The van der Waals surface area contributed by atoms with Gasteiger partial charge in [0.25, 0.3) is 11.8 Å². The molecule has 0 radical (unpaired) electrons. The van der Waals surface area contributed by atoms with Crippen LogP contribution < -0.4 is 10.2 Å². The van der Waals surface area contributed by atoms with Gasteiger partial charge in [0.15, 0.2) is 0 Å². The molecule has 2 aromatic carbocycles. The molecule has 0 aromatic heterocycles. The molecule has 1 N–H and O–H groups in total. The standard InChI is InChI=1S/C25H29N3O2/c1-17(2)16-27-22-15-9-7-13-20(22)25(24(27)30)26-21-14-8-6-12-19(21)23(29)28(25)18-10-4-3-5-11-18/h6-9,12-15,17-18,26H,3-5,10-11,16H2,1-2H3. The van der Waals surface area contributed by atoms with Crippen LogP contribution >= 0.6 is 0 Å². The predicted molar refractivity (Wildman–Crippen MR) is 118 cm³/mol. The van der Waals surface area contributed by atoms with Crippen molar-refractivity contribution in [1.29, 1.82) is 0 Å². The lowest BCUT2D eigenvalue weighted by Gasteiger charge is -2.49. The second-order valence-corrected chi connectivity index (χ2v) is 9.17. The fourth-order valence-corrected chi connectivity index (χ4v) is 5.43. The number of nitrogens with one attached hydrogen (secondary N) is 1. The zero-order valence-corrected chi connectivity index (χ0v) is 17.7. The Balaban J connectivity index is 1.73. The van der Waals surface area contributed by atoms with E-state index in [1.807, 2.05) is 58.3 Å². The smallest absolute Gasteiger partial charge is 0.278 e. The Hall–Kier alpha value is -2.82. The minimum Gasteiger partial charge on any atom is -0.350 e. The predicted octanol–water partition coefficient (Wildman–Crippen LogP) is 4.74. The Bertz CT molecular complexity index is 995. The second kappa shape index (κ2) is 7.15. The molecule has 30 heavy (non-hydrogen) atoms. The van der Waals surface area contributed by atoms with Gasteiger partial charge in [-0.1, -0.05) is 63.4 Å². The van der Waals surface area contributed by atoms with Crippen molar-refractivity contribution in [1.82, 2.24) is 4.90 Å². The van der Waals surface area contributed by atoms with Crippen LogP contribution in [0.1, 0.15) is 61.9 Å². The Labute approximate surface area is 178 Å². The Morgan fingerprint density at radius 3 is 2.47 bits per heavy atom. The highest BCUT2D eigenvalue weighted by Crippen LogP contribution is 2.50. The molecule has 1 spiro atoms. The van der Waals surface area contributed by atoms with Crippen LogP contribution in [0.4, 0.5) is 11.4 Å². The van der Waals surface area contributed by atoms with E-state index in [-0.39, 0.29) is 17.9 Å². The minimum absolute atomic E-state index is 0.0363. The molecule has 156 valence electrons. The Morgan fingerprint density at radius 1 is 1.00 bits per heavy atom. The quantitative estimate of drug-likeness (QED) is 0.805. The molecular formula is C25H29N3O2. The fraction of sp³-hybridized carbons (Fsp3) is 0.440. The van der Waals surface area contributed by atoms with Crippen LogP contribution in [0.2, 0.25) is 0 Å². The van der Waals surface area contributed by atoms with Crippen molar-refractivity contribution >= 4 is 23.2 Å². The van der Waals surface area contributed by atoms with Crippen LogP contribution in [-0.2, 0) is 10.5 Å². The lowest BCUT2D eigenvalue weighted by molar-refractivity contribution is -0.129. The zero-order chi connectivity index (χ0) is 20.9. The first-order chi connectivity index (χ1) is 14.5. The number of fused-ring (bicyclic) bond motifs is 3. The van der Waals surface area contributed by atoms with E-state index in [9.17, 15) is 9.59 Å². The highest BCUT2D eigenvalue weighted by Gasteiger charge is 2.60. The van der Waals surface area contributed by atoms with Gasteiger partial charge < -0.3 is 15.1 Å². The van der Waals surface area contributed by atoms with Crippen molar-refractivity contribution in [3.05, 3.63) is 59.7 Å². The van der Waals surface area contributed by atoms with Gasteiger partial charge in [0.2, 0.25) is 5.66 Å². The van der Waals surface area contributed by atoms with Crippen LogP contribution in [0.3, 0.4) is 0 Å². The normalized spacial score (nSPS) is 23.7. The molecule has 5 heteroatoms. The lowest BCUT2D eigenvalue weighted by atomic mass is 9.86. The molecule has 2 heterocycles. The Kier molecular flexibility index (Phi) is 4.57. The fourth-order valence-electron chi connectivity index (χ4n) is 5.43. The third-order valence-electron chi connectivity index (χ3n) is 6.68. The van der Waals surface area contributed by atoms with Crippen LogP contribution in [0.25, 0.3) is 0 Å². The van der Waals surface area contributed by atoms with Crippen LogP contribution in [-0.4, -0.2) is 29.3 Å². The SMILES string of the molecule is CC(C)CN1C(=O)C2(Nc3ccccc3C(=O)N2C2CCCCC2)c2ccccc21. The van der Waals surface area contributed by atoms with Gasteiger partial charge in [-0.3, -0.25) is 9.59 Å². The average Bonchev–Trinajstić information content (AvgIpc) is 2.98. The minimum atomic E-state index is -1.17. The van der Waals surface area contributed by atoms with Gasteiger partial charge in [0.1, 0.15) is 0 Å². The van der Waals surface area contributed by atoms with E-state index in [1.165, 1.54) is 6.42 Å². The zero-order valence-electron chi connectivity index (χ0n) is 17.7. The summed E-state index contributed by atoms with van der Waals surface area (Å²) in [5.74, 6) is 0.253. The highest BCUT2D eigenvalue weighted by molar-refractivity contribution is 6.15.